The van der Waals surface area contributed by atoms with E-state index in [1.54, 1.807) is 6.08 Å². The van der Waals surface area contributed by atoms with E-state index in [4.69, 9.17) is 5.11 Å². The zero-order chi connectivity index (χ0) is 6.41. The van der Waals surface area contributed by atoms with Crippen molar-refractivity contribution >= 4 is 0 Å². The highest BCUT2D eigenvalue weighted by Gasteiger charge is 1.99. The fourth-order valence-electron chi connectivity index (χ4n) is 0.390. The monoisotopic (exact) mass is 118 g/mol. The Labute approximate surface area is 48.8 Å². The van der Waals surface area contributed by atoms with E-state index in [1.165, 1.54) is 0 Å². The molecule has 0 saturated carbocycles. The lowest BCUT2D eigenvalue weighted by Crippen LogP contribution is -2.04. The zero-order valence-electron chi connectivity index (χ0n) is 4.81. The van der Waals surface area contributed by atoms with E-state index >= 15 is 0 Å². The van der Waals surface area contributed by atoms with Crippen molar-refractivity contribution in [1.29, 1.82) is 0 Å². The maximum atomic E-state index is 12.0. The number of rotatable bonds is 4. The van der Waals surface area contributed by atoms with Crippen LogP contribution in [0.25, 0.3) is 0 Å². The highest BCUT2D eigenvalue weighted by Crippen LogP contribution is 1.99. The van der Waals surface area contributed by atoms with Crippen LogP contribution < -0.4 is 0 Å². The van der Waals surface area contributed by atoms with Gasteiger partial charge in [0.05, 0.1) is 6.61 Å². The average Bonchev–Trinajstić information content (AvgIpc) is 1.83. The first kappa shape index (κ1) is 7.63. The van der Waals surface area contributed by atoms with Gasteiger partial charge in [0.1, 0.15) is 6.17 Å². The lowest BCUT2D eigenvalue weighted by atomic mass is 10.2. The van der Waals surface area contributed by atoms with Gasteiger partial charge in [0.2, 0.25) is 0 Å². The van der Waals surface area contributed by atoms with Crippen molar-refractivity contribution in [1.82, 2.24) is 0 Å². The molecule has 1 nitrogen and oxygen atoms in total. The summed E-state index contributed by atoms with van der Waals surface area (Å²) in [7, 11) is 0. The SMILES string of the molecule is C=CCC[C@H](F)CO. The number of alkyl halides is 1. The molecule has 2 heteroatoms. The van der Waals surface area contributed by atoms with Crippen LogP contribution in [0, 0.1) is 0 Å². The smallest absolute Gasteiger partial charge is 0.123 e. The second kappa shape index (κ2) is 4.78. The number of aliphatic hydroxyl groups excluding tert-OH is 1. The topological polar surface area (TPSA) is 20.2 Å². The number of hydrogen-bond acceptors (Lipinski definition) is 1. The van der Waals surface area contributed by atoms with Gasteiger partial charge in [-0.05, 0) is 12.8 Å². The number of halogens is 1. The van der Waals surface area contributed by atoms with Crippen LogP contribution in [0.5, 0.6) is 0 Å². The van der Waals surface area contributed by atoms with E-state index in [9.17, 15) is 4.39 Å². The number of aliphatic hydroxyl groups is 1. The minimum atomic E-state index is -1.06. The molecule has 48 valence electrons. The number of allylic oxidation sites excluding steroid dienone is 1. The molecule has 0 saturated heterocycles. The second-order valence-electron chi connectivity index (χ2n) is 1.65. The Hall–Kier alpha value is -0.370. The van der Waals surface area contributed by atoms with Crippen LogP contribution in [0.15, 0.2) is 12.7 Å². The lowest BCUT2D eigenvalue weighted by molar-refractivity contribution is 0.171. The Morgan fingerprint density at radius 2 is 2.38 bits per heavy atom. The maximum absolute atomic E-state index is 12.0. The molecular formula is C6H11FO. The van der Waals surface area contributed by atoms with Gasteiger partial charge in [0.25, 0.3) is 0 Å². The predicted molar refractivity (Wildman–Crippen MR) is 31.4 cm³/mol. The second-order valence-corrected chi connectivity index (χ2v) is 1.65. The van der Waals surface area contributed by atoms with Gasteiger partial charge in [0.15, 0.2) is 0 Å². The van der Waals surface area contributed by atoms with Gasteiger partial charge in [-0.15, -0.1) is 6.58 Å². The Balaban J connectivity index is 2.97. The normalized spacial score (nSPS) is 13.2. The van der Waals surface area contributed by atoms with Crippen molar-refractivity contribution in [2.75, 3.05) is 6.61 Å². The number of hydrogen-bond donors (Lipinski definition) is 1. The molecule has 0 aromatic heterocycles. The van der Waals surface area contributed by atoms with Gasteiger partial charge in [-0.1, -0.05) is 6.08 Å². The molecule has 0 fully saturated rings. The van der Waals surface area contributed by atoms with E-state index < -0.39 is 6.17 Å². The fraction of sp³-hybridized carbons (Fsp3) is 0.667. The standard InChI is InChI=1S/C6H11FO/c1-2-3-4-6(7)5-8/h2,6,8H,1,3-5H2/t6-/m0/s1. The van der Waals surface area contributed by atoms with E-state index in [0.29, 0.717) is 12.8 Å². The molecule has 0 aromatic rings. The molecule has 0 rings (SSSR count). The van der Waals surface area contributed by atoms with Crippen molar-refractivity contribution in [3.05, 3.63) is 12.7 Å². The highest BCUT2D eigenvalue weighted by atomic mass is 19.1. The quantitative estimate of drug-likeness (QED) is 0.551. The molecule has 0 spiro atoms. The summed E-state index contributed by atoms with van der Waals surface area (Å²) in [6.07, 6.45) is 1.61. The van der Waals surface area contributed by atoms with Crippen molar-refractivity contribution in [3.63, 3.8) is 0 Å². The first-order chi connectivity index (χ1) is 3.81. The van der Waals surface area contributed by atoms with Crippen LogP contribution in [-0.4, -0.2) is 17.9 Å². The molecule has 0 heterocycles. The third kappa shape index (κ3) is 3.81. The first-order valence-electron chi connectivity index (χ1n) is 2.67. The van der Waals surface area contributed by atoms with Crippen LogP contribution in [-0.2, 0) is 0 Å². The molecular weight excluding hydrogens is 107 g/mol. The van der Waals surface area contributed by atoms with E-state index in [0.717, 1.165) is 0 Å². The fourth-order valence-corrected chi connectivity index (χ4v) is 0.390. The third-order valence-corrected chi connectivity index (χ3v) is 0.882. The van der Waals surface area contributed by atoms with Crippen molar-refractivity contribution in [2.24, 2.45) is 0 Å². The summed E-state index contributed by atoms with van der Waals surface area (Å²) >= 11 is 0. The maximum Gasteiger partial charge on any atom is 0.123 e. The summed E-state index contributed by atoms with van der Waals surface area (Å²) < 4.78 is 12.0. The first-order valence-corrected chi connectivity index (χ1v) is 2.67. The van der Waals surface area contributed by atoms with Crippen LogP contribution in [0.2, 0.25) is 0 Å². The van der Waals surface area contributed by atoms with Gasteiger partial charge in [-0.3, -0.25) is 0 Å². The van der Waals surface area contributed by atoms with Crippen LogP contribution in [0.4, 0.5) is 4.39 Å². The minimum absolute atomic E-state index is 0.367. The Bertz CT molecular complexity index is 63.5. The zero-order valence-corrected chi connectivity index (χ0v) is 4.81. The van der Waals surface area contributed by atoms with Gasteiger partial charge in [-0.25, -0.2) is 4.39 Å². The van der Waals surface area contributed by atoms with Crippen molar-refractivity contribution < 1.29 is 9.50 Å². The van der Waals surface area contributed by atoms with Crippen LogP contribution >= 0.6 is 0 Å². The summed E-state index contributed by atoms with van der Waals surface area (Å²) in [5, 5.41) is 8.15. The van der Waals surface area contributed by atoms with Gasteiger partial charge < -0.3 is 5.11 Å². The summed E-state index contributed by atoms with van der Waals surface area (Å²) in [4.78, 5) is 0. The van der Waals surface area contributed by atoms with Crippen LogP contribution in [0.1, 0.15) is 12.8 Å². The Morgan fingerprint density at radius 3 is 2.75 bits per heavy atom. The molecule has 0 aliphatic rings. The van der Waals surface area contributed by atoms with E-state index in [2.05, 4.69) is 6.58 Å². The molecule has 0 aliphatic heterocycles. The molecule has 8 heavy (non-hydrogen) atoms. The minimum Gasteiger partial charge on any atom is -0.393 e. The molecule has 0 aliphatic carbocycles. The molecule has 1 atom stereocenters. The Morgan fingerprint density at radius 1 is 1.75 bits per heavy atom. The molecule has 0 bridgehead atoms. The molecule has 0 radical (unpaired) electrons. The molecule has 0 aromatic carbocycles. The lowest BCUT2D eigenvalue weighted by Gasteiger charge is -1.98. The van der Waals surface area contributed by atoms with E-state index in [1.807, 2.05) is 0 Å². The predicted octanol–water partition coefficient (Wildman–Crippen LogP) is 1.28. The average molecular weight is 118 g/mol. The van der Waals surface area contributed by atoms with E-state index in [-0.39, 0.29) is 6.61 Å². The summed E-state index contributed by atoms with van der Waals surface area (Å²) in [5.41, 5.74) is 0. The summed E-state index contributed by atoms with van der Waals surface area (Å²) in [6.45, 7) is 3.05. The van der Waals surface area contributed by atoms with Crippen molar-refractivity contribution in [3.8, 4) is 0 Å². The molecule has 1 N–H and O–H groups in total. The highest BCUT2D eigenvalue weighted by molar-refractivity contribution is 4.68. The van der Waals surface area contributed by atoms with Gasteiger partial charge in [0, 0.05) is 0 Å². The molecule has 0 amide bonds. The van der Waals surface area contributed by atoms with Gasteiger partial charge >= 0.3 is 0 Å². The third-order valence-electron chi connectivity index (χ3n) is 0.882. The summed E-state index contributed by atoms with van der Waals surface area (Å²) in [5.74, 6) is 0. The summed E-state index contributed by atoms with van der Waals surface area (Å²) in [6, 6.07) is 0. The van der Waals surface area contributed by atoms with Crippen molar-refractivity contribution in [2.45, 2.75) is 19.0 Å². The largest absolute Gasteiger partial charge is 0.393 e. The molecule has 0 unspecified atom stereocenters. The Kier molecular flexibility index (Phi) is 4.56. The van der Waals surface area contributed by atoms with Gasteiger partial charge in [-0.2, -0.15) is 0 Å². The van der Waals surface area contributed by atoms with Crippen LogP contribution in [0.3, 0.4) is 0 Å².